The predicted molar refractivity (Wildman–Crippen MR) is 128 cm³/mol. The highest BCUT2D eigenvalue weighted by Crippen LogP contribution is 2.67. The van der Waals surface area contributed by atoms with Crippen molar-refractivity contribution < 1.29 is 0 Å². The van der Waals surface area contributed by atoms with Gasteiger partial charge in [-0.05, 0) is 86.2 Å². The first-order valence-electron chi connectivity index (χ1n) is 12.7. The number of hydrogen-bond acceptors (Lipinski definition) is 1. The first-order chi connectivity index (χ1) is 13.3. The molecule has 4 aliphatic rings. The average molecular weight is 411 g/mol. The predicted octanol–water partition coefficient (Wildman–Crippen LogP) is 8.46. The zero-order valence-corrected chi connectivity index (χ0v) is 19.8. The van der Waals surface area contributed by atoms with Crippen LogP contribution >= 0.6 is 21.8 Å². The van der Waals surface area contributed by atoms with Crippen LogP contribution in [0.1, 0.15) is 122 Å². The minimum Gasteiger partial charge on any atom is -0.235 e. The van der Waals surface area contributed by atoms with Gasteiger partial charge in [0.05, 0.1) is 0 Å². The summed E-state index contributed by atoms with van der Waals surface area (Å²) in [5.41, 5.74) is 0. The van der Waals surface area contributed by atoms with Gasteiger partial charge >= 0.3 is 0 Å². The van der Waals surface area contributed by atoms with Crippen molar-refractivity contribution in [2.24, 2.45) is 0 Å². The van der Waals surface area contributed by atoms with Gasteiger partial charge in [0.25, 0.3) is 0 Å². The van der Waals surface area contributed by atoms with E-state index in [0.717, 1.165) is 26.2 Å². The zero-order chi connectivity index (χ0) is 18.5. The summed E-state index contributed by atoms with van der Waals surface area (Å²) in [6.07, 6.45) is 32.4. The van der Waals surface area contributed by atoms with E-state index >= 15 is 0 Å². The van der Waals surface area contributed by atoms with E-state index in [9.17, 15) is 0 Å². The van der Waals surface area contributed by atoms with Crippen LogP contribution in [0.15, 0.2) is 0 Å². The second-order valence-electron chi connectivity index (χ2n) is 10.4. The molecule has 0 spiro atoms. The van der Waals surface area contributed by atoms with E-state index in [1.54, 1.807) is 77.0 Å². The van der Waals surface area contributed by atoms with Gasteiger partial charge in [-0.2, -0.15) is 11.8 Å². The van der Waals surface area contributed by atoms with Crippen LogP contribution in [0.25, 0.3) is 0 Å². The van der Waals surface area contributed by atoms with E-state index in [1.165, 1.54) is 44.9 Å². The molecule has 27 heavy (non-hydrogen) atoms. The van der Waals surface area contributed by atoms with Crippen LogP contribution in [-0.2, 0) is 0 Å². The first-order valence-corrected chi connectivity index (χ1v) is 15.8. The molecule has 4 fully saturated rings. The molecule has 0 aromatic carbocycles. The molecule has 158 valence electrons. The Hall–Kier alpha value is 0.700. The lowest BCUT2D eigenvalue weighted by molar-refractivity contribution is 0.464. The van der Waals surface area contributed by atoms with Crippen molar-refractivity contribution in [2.45, 2.75) is 148 Å². The third-order valence-corrected chi connectivity index (χ3v) is 16.3. The van der Waals surface area contributed by atoms with Crippen molar-refractivity contribution in [1.82, 2.24) is 0 Å². The number of hydrogen-bond donors (Lipinski definition) is 0. The molecular formula is C25H46S2. The molecule has 0 radical (unpaired) electrons. The lowest BCUT2D eigenvalue weighted by atomic mass is 9.98. The third kappa shape index (κ3) is 5.07. The van der Waals surface area contributed by atoms with Gasteiger partial charge in [-0.25, -0.2) is 10.0 Å². The van der Waals surface area contributed by atoms with Crippen LogP contribution in [0.5, 0.6) is 0 Å². The summed E-state index contributed by atoms with van der Waals surface area (Å²) in [5.74, 6) is 0. The van der Waals surface area contributed by atoms with Crippen molar-refractivity contribution in [3.05, 3.63) is 0 Å². The summed E-state index contributed by atoms with van der Waals surface area (Å²) in [6.45, 7) is 0. The maximum Gasteiger partial charge on any atom is 0.00506 e. The topological polar surface area (TPSA) is 0 Å². The molecule has 0 aromatic rings. The Balaban J connectivity index is 1.38. The first kappa shape index (κ1) is 21.0. The normalized spacial score (nSPS) is 33.8. The molecule has 0 unspecified atom stereocenters. The Kier molecular flexibility index (Phi) is 7.87. The van der Waals surface area contributed by atoms with Crippen molar-refractivity contribution in [2.75, 3.05) is 6.26 Å². The quantitative estimate of drug-likeness (QED) is 0.438. The fourth-order valence-corrected chi connectivity index (χ4v) is 14.4. The molecule has 0 atom stereocenters. The van der Waals surface area contributed by atoms with E-state index in [0.29, 0.717) is 0 Å². The Labute approximate surface area is 176 Å². The second kappa shape index (κ2) is 10.1. The van der Waals surface area contributed by atoms with Crippen molar-refractivity contribution in [3.63, 3.8) is 0 Å². The molecule has 4 saturated carbocycles. The third-order valence-electron chi connectivity index (χ3n) is 8.82. The summed E-state index contributed by atoms with van der Waals surface area (Å²) in [6, 6.07) is 0. The lowest BCUT2D eigenvalue weighted by Crippen LogP contribution is -2.40. The van der Waals surface area contributed by atoms with Gasteiger partial charge in [0.2, 0.25) is 0 Å². The van der Waals surface area contributed by atoms with Gasteiger partial charge in [-0.15, -0.1) is 0 Å². The molecule has 4 aliphatic carbocycles. The fourth-order valence-electron chi connectivity index (χ4n) is 7.11. The largest absolute Gasteiger partial charge is 0.235 e. The van der Waals surface area contributed by atoms with E-state index < -0.39 is 10.0 Å². The molecule has 0 heterocycles. The number of rotatable bonds is 5. The van der Waals surface area contributed by atoms with Gasteiger partial charge in [-0.3, -0.25) is 0 Å². The Morgan fingerprint density at radius 1 is 0.444 bits per heavy atom. The molecule has 0 aromatic heterocycles. The van der Waals surface area contributed by atoms with Crippen LogP contribution in [0.3, 0.4) is 0 Å². The van der Waals surface area contributed by atoms with Crippen LogP contribution in [-0.4, -0.2) is 32.5 Å². The minimum atomic E-state index is -0.410. The van der Waals surface area contributed by atoms with E-state index in [1.807, 2.05) is 0 Å². The smallest absolute Gasteiger partial charge is 0.00506 e. The average Bonchev–Trinajstić information content (AvgIpc) is 2.76. The second-order valence-corrected chi connectivity index (χ2v) is 16.3. The minimum absolute atomic E-state index is 0.410. The summed E-state index contributed by atoms with van der Waals surface area (Å²) in [4.78, 5) is 0. The summed E-state index contributed by atoms with van der Waals surface area (Å²) >= 11 is 2.43. The lowest BCUT2D eigenvalue weighted by Gasteiger charge is -2.58. The molecule has 0 saturated heterocycles. The van der Waals surface area contributed by atoms with Crippen molar-refractivity contribution in [1.29, 1.82) is 0 Å². The summed E-state index contributed by atoms with van der Waals surface area (Å²) < 4.78 is 0. The van der Waals surface area contributed by atoms with Gasteiger partial charge in [0, 0.05) is 10.5 Å². The molecule has 0 amide bonds. The van der Waals surface area contributed by atoms with Gasteiger partial charge in [-0.1, -0.05) is 57.8 Å². The van der Waals surface area contributed by atoms with E-state index in [-0.39, 0.29) is 0 Å². The maximum absolute atomic E-state index is 2.89. The Morgan fingerprint density at radius 2 is 0.815 bits per heavy atom. The monoisotopic (exact) mass is 410 g/mol. The molecule has 0 aliphatic heterocycles. The zero-order valence-electron chi connectivity index (χ0n) is 18.1. The van der Waals surface area contributed by atoms with Crippen LogP contribution in [0, 0.1) is 0 Å². The fraction of sp³-hybridized carbons (Fsp3) is 1.00. The molecular weight excluding hydrogens is 364 g/mol. The van der Waals surface area contributed by atoms with E-state index in [4.69, 9.17) is 0 Å². The molecule has 2 heteroatoms. The molecule has 0 bridgehead atoms. The standard InChI is InChI=1S/C25H46S2/c1-27(23-13-7-3-8-14-23,24-15-9-4-10-16-24)25-19-17-22(18-20-25)26-21-11-5-2-6-12-21/h21-25H,2-20H2,1H3. The molecule has 0 nitrogen and oxygen atoms in total. The van der Waals surface area contributed by atoms with Crippen LogP contribution in [0.4, 0.5) is 0 Å². The number of thioether (sulfide) groups is 1. The SMILES string of the molecule is CS(C1CCCCC1)(C1CCCCC1)C1CCC(SC2CCCCC2)CC1. The summed E-state index contributed by atoms with van der Waals surface area (Å²) in [5, 5.41) is 5.46. The van der Waals surface area contributed by atoms with Crippen molar-refractivity contribution >= 4 is 21.8 Å². The van der Waals surface area contributed by atoms with Crippen molar-refractivity contribution in [3.8, 4) is 0 Å². The summed E-state index contributed by atoms with van der Waals surface area (Å²) in [7, 11) is -0.410. The molecule has 0 N–H and O–H groups in total. The van der Waals surface area contributed by atoms with E-state index in [2.05, 4.69) is 18.0 Å². The molecule has 4 rings (SSSR count). The Bertz CT molecular complexity index is 404. The highest BCUT2D eigenvalue weighted by molar-refractivity contribution is 8.34. The highest BCUT2D eigenvalue weighted by atomic mass is 32.3. The van der Waals surface area contributed by atoms with Gasteiger partial charge in [0.15, 0.2) is 0 Å². The Morgan fingerprint density at radius 3 is 1.30 bits per heavy atom. The van der Waals surface area contributed by atoms with Gasteiger partial charge in [0.1, 0.15) is 0 Å². The van der Waals surface area contributed by atoms with Crippen LogP contribution in [0.2, 0.25) is 0 Å². The van der Waals surface area contributed by atoms with Gasteiger partial charge < -0.3 is 0 Å². The maximum atomic E-state index is 2.89. The highest BCUT2D eigenvalue weighted by Gasteiger charge is 2.44. The van der Waals surface area contributed by atoms with Crippen LogP contribution < -0.4 is 0 Å².